The largest absolute Gasteiger partial charge is 0.457 e. The Morgan fingerprint density at radius 2 is 1.91 bits per heavy atom. The molecule has 0 heterocycles. The van der Waals surface area contributed by atoms with Gasteiger partial charge in [0.2, 0.25) is 0 Å². The number of rotatable bonds is 7. The molecule has 0 bridgehead atoms. The SMILES string of the molecule is CCCCCCc1cccc(C)c1C=CC(=O)OC(C)(C)C. The maximum absolute atomic E-state index is 11.8. The first-order valence-electron chi connectivity index (χ1n) is 8.33. The molecule has 0 fully saturated rings. The third-order valence-corrected chi connectivity index (χ3v) is 3.51. The monoisotopic (exact) mass is 302 g/mol. The molecule has 122 valence electrons. The molecule has 22 heavy (non-hydrogen) atoms. The minimum absolute atomic E-state index is 0.285. The smallest absolute Gasteiger partial charge is 0.331 e. The summed E-state index contributed by atoms with van der Waals surface area (Å²) in [5.41, 5.74) is 3.23. The fourth-order valence-corrected chi connectivity index (χ4v) is 2.43. The third kappa shape index (κ3) is 6.93. The van der Waals surface area contributed by atoms with E-state index in [9.17, 15) is 4.79 Å². The molecule has 0 atom stereocenters. The summed E-state index contributed by atoms with van der Waals surface area (Å²) < 4.78 is 5.33. The summed E-state index contributed by atoms with van der Waals surface area (Å²) in [6.45, 7) is 9.95. The van der Waals surface area contributed by atoms with Crippen molar-refractivity contribution in [1.29, 1.82) is 0 Å². The molecule has 0 aromatic heterocycles. The molecule has 1 rings (SSSR count). The first kappa shape index (κ1) is 18.5. The number of ether oxygens (including phenoxy) is 1. The van der Waals surface area contributed by atoms with Gasteiger partial charge >= 0.3 is 5.97 Å². The van der Waals surface area contributed by atoms with Gasteiger partial charge in [-0.3, -0.25) is 0 Å². The number of hydrogen-bond acceptors (Lipinski definition) is 2. The summed E-state index contributed by atoms with van der Waals surface area (Å²) >= 11 is 0. The zero-order chi connectivity index (χ0) is 16.6. The van der Waals surface area contributed by atoms with E-state index in [-0.39, 0.29) is 5.97 Å². The quantitative estimate of drug-likeness (QED) is 0.379. The van der Waals surface area contributed by atoms with Gasteiger partial charge in [0.1, 0.15) is 5.60 Å². The molecular formula is C20H30O2. The average molecular weight is 302 g/mol. The maximum atomic E-state index is 11.8. The van der Waals surface area contributed by atoms with Crippen LogP contribution in [0.5, 0.6) is 0 Å². The van der Waals surface area contributed by atoms with Crippen molar-refractivity contribution < 1.29 is 9.53 Å². The van der Waals surface area contributed by atoms with Gasteiger partial charge in [-0.25, -0.2) is 4.79 Å². The van der Waals surface area contributed by atoms with Gasteiger partial charge in [0.25, 0.3) is 0 Å². The molecule has 1 aromatic rings. The molecule has 0 spiro atoms. The zero-order valence-corrected chi connectivity index (χ0v) is 14.7. The number of carbonyl (C=O) groups excluding carboxylic acids is 1. The van der Waals surface area contributed by atoms with Crippen LogP contribution in [0.3, 0.4) is 0 Å². The van der Waals surface area contributed by atoms with Gasteiger partial charge in [-0.05, 0) is 63.3 Å². The van der Waals surface area contributed by atoms with E-state index >= 15 is 0 Å². The lowest BCUT2D eigenvalue weighted by atomic mass is 9.97. The van der Waals surface area contributed by atoms with E-state index in [2.05, 4.69) is 32.0 Å². The van der Waals surface area contributed by atoms with Crippen molar-refractivity contribution in [2.75, 3.05) is 0 Å². The molecule has 2 nitrogen and oxygen atoms in total. The molecule has 0 radical (unpaired) electrons. The van der Waals surface area contributed by atoms with Crippen molar-refractivity contribution in [1.82, 2.24) is 0 Å². The third-order valence-electron chi connectivity index (χ3n) is 3.51. The van der Waals surface area contributed by atoms with Crippen LogP contribution >= 0.6 is 0 Å². The van der Waals surface area contributed by atoms with Crippen molar-refractivity contribution in [3.05, 3.63) is 41.0 Å². The molecule has 0 aliphatic heterocycles. The highest BCUT2D eigenvalue weighted by molar-refractivity contribution is 5.87. The van der Waals surface area contributed by atoms with Gasteiger partial charge in [-0.1, -0.05) is 44.4 Å². The Labute approximate surface area is 135 Å². The maximum Gasteiger partial charge on any atom is 0.331 e. The van der Waals surface area contributed by atoms with Crippen LogP contribution in [0.2, 0.25) is 0 Å². The van der Waals surface area contributed by atoms with Gasteiger partial charge in [-0.15, -0.1) is 0 Å². The highest BCUT2D eigenvalue weighted by Gasteiger charge is 2.14. The van der Waals surface area contributed by atoms with Crippen molar-refractivity contribution in [2.24, 2.45) is 0 Å². The normalized spacial score (nSPS) is 11.9. The van der Waals surface area contributed by atoms with E-state index < -0.39 is 5.60 Å². The first-order valence-corrected chi connectivity index (χ1v) is 8.33. The van der Waals surface area contributed by atoms with Crippen LogP contribution in [0.4, 0.5) is 0 Å². The second-order valence-electron chi connectivity index (χ2n) is 6.83. The lowest BCUT2D eigenvalue weighted by Crippen LogP contribution is -2.22. The van der Waals surface area contributed by atoms with E-state index in [0.29, 0.717) is 0 Å². The van der Waals surface area contributed by atoms with Crippen molar-refractivity contribution in [2.45, 2.75) is 72.3 Å². The topological polar surface area (TPSA) is 26.3 Å². The van der Waals surface area contributed by atoms with E-state index in [4.69, 9.17) is 4.74 Å². The minimum atomic E-state index is -0.448. The summed E-state index contributed by atoms with van der Waals surface area (Å²) in [6.07, 6.45) is 9.51. The molecular weight excluding hydrogens is 272 g/mol. The van der Waals surface area contributed by atoms with Gasteiger partial charge in [0, 0.05) is 6.08 Å². The zero-order valence-electron chi connectivity index (χ0n) is 14.7. The first-order chi connectivity index (χ1) is 10.3. The lowest BCUT2D eigenvalue weighted by Gasteiger charge is -2.18. The van der Waals surface area contributed by atoms with Crippen LogP contribution in [0.15, 0.2) is 24.3 Å². The van der Waals surface area contributed by atoms with Gasteiger partial charge < -0.3 is 4.74 Å². The molecule has 2 heteroatoms. The van der Waals surface area contributed by atoms with E-state index in [1.807, 2.05) is 26.8 Å². The molecule has 0 aliphatic carbocycles. The van der Waals surface area contributed by atoms with Crippen LogP contribution in [0, 0.1) is 6.92 Å². The predicted octanol–water partition coefficient (Wildman–Crippen LogP) is 5.47. The Balaban J connectivity index is 2.78. The van der Waals surface area contributed by atoms with E-state index in [0.717, 1.165) is 12.0 Å². The van der Waals surface area contributed by atoms with E-state index in [1.165, 1.54) is 36.8 Å². The van der Waals surface area contributed by atoms with Crippen molar-refractivity contribution >= 4 is 12.0 Å². The fraction of sp³-hybridized carbons (Fsp3) is 0.550. The average Bonchev–Trinajstić information content (AvgIpc) is 2.41. The molecule has 1 aromatic carbocycles. The van der Waals surface area contributed by atoms with Gasteiger partial charge in [-0.2, -0.15) is 0 Å². The Bertz CT molecular complexity index is 507. The molecule has 0 saturated carbocycles. The molecule has 0 N–H and O–H groups in total. The highest BCUT2D eigenvalue weighted by Crippen LogP contribution is 2.19. The second kappa shape index (κ2) is 8.77. The van der Waals surface area contributed by atoms with Crippen LogP contribution in [-0.2, 0) is 16.0 Å². The van der Waals surface area contributed by atoms with Crippen LogP contribution < -0.4 is 0 Å². The summed E-state index contributed by atoms with van der Waals surface area (Å²) in [4.78, 5) is 11.8. The Morgan fingerprint density at radius 1 is 1.18 bits per heavy atom. The molecule has 0 saturated heterocycles. The predicted molar refractivity (Wildman–Crippen MR) is 93.9 cm³/mol. The Hall–Kier alpha value is -1.57. The summed E-state index contributed by atoms with van der Waals surface area (Å²) in [7, 11) is 0. The van der Waals surface area contributed by atoms with Gasteiger partial charge in [0.05, 0.1) is 0 Å². The standard InChI is InChI=1S/C20H30O2/c1-6-7-8-9-12-17-13-10-11-16(2)18(17)14-15-19(21)22-20(3,4)5/h10-11,13-15H,6-9,12H2,1-5H3. The molecule has 0 unspecified atom stereocenters. The Morgan fingerprint density at radius 3 is 2.55 bits per heavy atom. The highest BCUT2D eigenvalue weighted by atomic mass is 16.6. The van der Waals surface area contributed by atoms with Gasteiger partial charge in [0.15, 0.2) is 0 Å². The van der Waals surface area contributed by atoms with Crippen LogP contribution in [-0.4, -0.2) is 11.6 Å². The summed E-state index contributed by atoms with van der Waals surface area (Å²) in [6, 6.07) is 6.34. The summed E-state index contributed by atoms with van der Waals surface area (Å²) in [5, 5.41) is 0. The van der Waals surface area contributed by atoms with E-state index in [1.54, 1.807) is 6.08 Å². The van der Waals surface area contributed by atoms with Crippen molar-refractivity contribution in [3.8, 4) is 0 Å². The molecule has 0 amide bonds. The Kier molecular flexibility index (Phi) is 7.37. The number of unbranched alkanes of at least 4 members (excludes halogenated alkanes) is 3. The number of benzene rings is 1. The number of aryl methyl sites for hydroxylation is 2. The number of esters is 1. The summed E-state index contributed by atoms with van der Waals surface area (Å²) in [5.74, 6) is -0.285. The lowest BCUT2D eigenvalue weighted by molar-refractivity contribution is -0.148. The fourth-order valence-electron chi connectivity index (χ4n) is 2.43. The molecule has 0 aliphatic rings. The van der Waals surface area contributed by atoms with Crippen LogP contribution in [0.25, 0.3) is 6.08 Å². The second-order valence-corrected chi connectivity index (χ2v) is 6.83. The van der Waals surface area contributed by atoms with Crippen LogP contribution in [0.1, 0.15) is 70.1 Å². The number of hydrogen-bond donors (Lipinski definition) is 0. The van der Waals surface area contributed by atoms with Crippen molar-refractivity contribution in [3.63, 3.8) is 0 Å². The minimum Gasteiger partial charge on any atom is -0.457 e. The number of carbonyl (C=O) groups is 1.